The quantitative estimate of drug-likeness (QED) is 0.340. The highest BCUT2D eigenvalue weighted by Crippen LogP contribution is 2.18. The Morgan fingerprint density at radius 1 is 1.08 bits per heavy atom. The second-order valence-corrected chi connectivity index (χ2v) is 5.39. The molecule has 0 aliphatic carbocycles. The highest BCUT2D eigenvalue weighted by atomic mass is 127. The number of benzene rings is 1. The van der Waals surface area contributed by atoms with Gasteiger partial charge in [0, 0.05) is 25.1 Å². The van der Waals surface area contributed by atoms with Crippen LogP contribution in [-0.2, 0) is 13.0 Å². The van der Waals surface area contributed by atoms with Crippen LogP contribution in [0.2, 0.25) is 0 Å². The van der Waals surface area contributed by atoms with Gasteiger partial charge in [-0.2, -0.15) is 0 Å². The van der Waals surface area contributed by atoms with Crippen LogP contribution in [-0.4, -0.2) is 25.7 Å². The average molecular weight is 457 g/mol. The molecule has 0 radical (unpaired) electrons. The molecule has 0 spiro atoms. The number of hydrogen-bond donors (Lipinski definition) is 2. The van der Waals surface area contributed by atoms with Crippen molar-refractivity contribution in [2.75, 3.05) is 19.7 Å². The molecule has 5 nitrogen and oxygen atoms in total. The number of furan rings is 1. The van der Waals surface area contributed by atoms with Gasteiger partial charge in [-0.25, -0.2) is 4.99 Å². The van der Waals surface area contributed by atoms with Gasteiger partial charge in [-0.3, -0.25) is 0 Å². The Kier molecular flexibility index (Phi) is 10.8. The van der Waals surface area contributed by atoms with Gasteiger partial charge in [0.05, 0.1) is 19.4 Å². The molecule has 1 heterocycles. The minimum absolute atomic E-state index is 0. The van der Waals surface area contributed by atoms with E-state index >= 15 is 0 Å². The molecular weight excluding hydrogens is 429 g/mol. The highest BCUT2D eigenvalue weighted by Gasteiger charge is 2.03. The summed E-state index contributed by atoms with van der Waals surface area (Å²) in [6, 6.07) is 11.9. The summed E-state index contributed by atoms with van der Waals surface area (Å²) in [5.74, 6) is 2.68. The second kappa shape index (κ2) is 12.6. The number of ether oxygens (including phenoxy) is 1. The molecule has 0 aliphatic rings. The summed E-state index contributed by atoms with van der Waals surface area (Å²) in [4.78, 5) is 4.68. The summed E-state index contributed by atoms with van der Waals surface area (Å²) in [7, 11) is 0. The number of nitrogens with zero attached hydrogens (tertiary/aromatic N) is 1. The van der Waals surface area contributed by atoms with Gasteiger partial charge in [-0.15, -0.1) is 24.0 Å². The van der Waals surface area contributed by atoms with E-state index in [1.54, 1.807) is 6.26 Å². The molecule has 2 aromatic rings. The van der Waals surface area contributed by atoms with Gasteiger partial charge in [-0.1, -0.05) is 25.1 Å². The molecule has 138 valence electrons. The third-order valence-electron chi connectivity index (χ3n) is 3.47. The van der Waals surface area contributed by atoms with Crippen LogP contribution in [0.15, 0.2) is 52.1 Å². The molecule has 0 aliphatic heterocycles. The summed E-state index contributed by atoms with van der Waals surface area (Å²) >= 11 is 0. The van der Waals surface area contributed by atoms with Crippen molar-refractivity contribution in [3.05, 3.63) is 54.0 Å². The molecule has 1 aromatic carbocycles. The molecule has 0 atom stereocenters. The fraction of sp³-hybridized carbons (Fsp3) is 0.421. The van der Waals surface area contributed by atoms with Crippen LogP contribution >= 0.6 is 24.0 Å². The molecule has 2 rings (SSSR count). The predicted octanol–water partition coefficient (Wildman–Crippen LogP) is 3.98. The van der Waals surface area contributed by atoms with Crippen LogP contribution in [0.5, 0.6) is 5.75 Å². The van der Waals surface area contributed by atoms with E-state index in [1.807, 2.05) is 37.3 Å². The van der Waals surface area contributed by atoms with Crippen molar-refractivity contribution in [1.82, 2.24) is 10.6 Å². The minimum Gasteiger partial charge on any atom is -0.494 e. The van der Waals surface area contributed by atoms with E-state index in [9.17, 15) is 0 Å². The summed E-state index contributed by atoms with van der Waals surface area (Å²) < 4.78 is 11.0. The molecule has 0 saturated heterocycles. The molecule has 2 N–H and O–H groups in total. The van der Waals surface area contributed by atoms with Crippen molar-refractivity contribution in [2.24, 2.45) is 4.99 Å². The highest BCUT2D eigenvalue weighted by molar-refractivity contribution is 14.0. The summed E-state index contributed by atoms with van der Waals surface area (Å²) in [5.41, 5.74) is 1.09. The molecule has 0 unspecified atom stereocenters. The van der Waals surface area contributed by atoms with E-state index in [0.29, 0.717) is 13.2 Å². The van der Waals surface area contributed by atoms with E-state index in [1.165, 1.54) is 0 Å². The number of hydrogen-bond acceptors (Lipinski definition) is 3. The molecular formula is C19H28IN3O2. The van der Waals surface area contributed by atoms with E-state index in [-0.39, 0.29) is 24.0 Å². The van der Waals surface area contributed by atoms with Crippen molar-refractivity contribution in [3.63, 3.8) is 0 Å². The Balaban J connectivity index is 0.00000312. The van der Waals surface area contributed by atoms with Crippen LogP contribution in [0, 0.1) is 0 Å². The molecule has 25 heavy (non-hydrogen) atoms. The normalized spacial score (nSPS) is 10.9. The van der Waals surface area contributed by atoms with Crippen LogP contribution in [0.3, 0.4) is 0 Å². The molecule has 0 bridgehead atoms. The Bertz CT molecular complexity index is 615. The van der Waals surface area contributed by atoms with E-state index in [2.05, 4.69) is 28.6 Å². The van der Waals surface area contributed by atoms with Crippen LogP contribution in [0.4, 0.5) is 0 Å². The van der Waals surface area contributed by atoms with Crippen LogP contribution < -0.4 is 15.4 Å². The third kappa shape index (κ3) is 7.81. The standard InChI is InChI=1S/C19H27N3O2.HI/c1-3-12-20-19(21-13-11-17-9-7-14-24-17)22-15-16-8-5-6-10-18(16)23-4-2;/h5-10,14H,3-4,11-13,15H2,1-2H3,(H2,20,21,22);1H. The van der Waals surface area contributed by atoms with E-state index in [4.69, 9.17) is 9.15 Å². The zero-order chi connectivity index (χ0) is 17.0. The van der Waals surface area contributed by atoms with Gasteiger partial charge in [0.25, 0.3) is 0 Å². The molecule has 1 aromatic heterocycles. The summed E-state index contributed by atoms with van der Waals surface area (Å²) in [6.07, 6.45) is 3.58. The summed E-state index contributed by atoms with van der Waals surface area (Å²) in [6.45, 7) is 7.03. The van der Waals surface area contributed by atoms with Crippen molar-refractivity contribution in [3.8, 4) is 5.75 Å². The van der Waals surface area contributed by atoms with Crippen molar-refractivity contribution in [1.29, 1.82) is 0 Å². The Labute approximate surface area is 167 Å². The Morgan fingerprint density at radius 3 is 2.60 bits per heavy atom. The first-order chi connectivity index (χ1) is 11.8. The fourth-order valence-corrected chi connectivity index (χ4v) is 2.27. The second-order valence-electron chi connectivity index (χ2n) is 5.39. The van der Waals surface area contributed by atoms with Crippen LogP contribution in [0.25, 0.3) is 0 Å². The molecule has 0 amide bonds. The van der Waals surface area contributed by atoms with Gasteiger partial charge < -0.3 is 19.8 Å². The lowest BCUT2D eigenvalue weighted by Gasteiger charge is -2.13. The maximum absolute atomic E-state index is 5.66. The largest absolute Gasteiger partial charge is 0.494 e. The van der Waals surface area contributed by atoms with Crippen molar-refractivity contribution < 1.29 is 9.15 Å². The molecule has 6 heteroatoms. The average Bonchev–Trinajstić information content (AvgIpc) is 3.11. The number of guanidine groups is 1. The lowest BCUT2D eigenvalue weighted by Crippen LogP contribution is -2.38. The summed E-state index contributed by atoms with van der Waals surface area (Å²) in [5, 5.41) is 6.69. The SMILES string of the molecule is CCCNC(=NCc1ccccc1OCC)NCCc1ccco1.I. The first-order valence-corrected chi connectivity index (χ1v) is 8.58. The minimum atomic E-state index is 0. The van der Waals surface area contributed by atoms with Crippen LogP contribution in [0.1, 0.15) is 31.6 Å². The van der Waals surface area contributed by atoms with Gasteiger partial charge >= 0.3 is 0 Å². The lowest BCUT2D eigenvalue weighted by molar-refractivity contribution is 0.336. The third-order valence-corrected chi connectivity index (χ3v) is 3.47. The first-order valence-electron chi connectivity index (χ1n) is 8.58. The van der Waals surface area contributed by atoms with E-state index < -0.39 is 0 Å². The Morgan fingerprint density at radius 2 is 1.88 bits per heavy atom. The monoisotopic (exact) mass is 457 g/mol. The van der Waals surface area contributed by atoms with Gasteiger partial charge in [0.2, 0.25) is 0 Å². The lowest BCUT2D eigenvalue weighted by atomic mass is 10.2. The van der Waals surface area contributed by atoms with Gasteiger partial charge in [-0.05, 0) is 31.5 Å². The topological polar surface area (TPSA) is 58.8 Å². The number of halogens is 1. The fourth-order valence-electron chi connectivity index (χ4n) is 2.27. The van der Waals surface area contributed by atoms with E-state index in [0.717, 1.165) is 49.0 Å². The van der Waals surface area contributed by atoms with Crippen molar-refractivity contribution >= 4 is 29.9 Å². The Hall–Kier alpha value is -1.70. The van der Waals surface area contributed by atoms with Gasteiger partial charge in [0.1, 0.15) is 11.5 Å². The smallest absolute Gasteiger partial charge is 0.191 e. The zero-order valence-electron chi connectivity index (χ0n) is 15.0. The first kappa shape index (κ1) is 21.3. The zero-order valence-corrected chi connectivity index (χ0v) is 17.3. The number of nitrogens with one attached hydrogen (secondary N) is 2. The van der Waals surface area contributed by atoms with Crippen molar-refractivity contribution in [2.45, 2.75) is 33.2 Å². The molecule has 0 fully saturated rings. The number of aliphatic imine (C=N–C) groups is 1. The molecule has 0 saturated carbocycles. The predicted molar refractivity (Wildman–Crippen MR) is 113 cm³/mol. The maximum atomic E-state index is 5.66. The number of para-hydroxylation sites is 1. The van der Waals surface area contributed by atoms with Gasteiger partial charge in [0.15, 0.2) is 5.96 Å². The maximum Gasteiger partial charge on any atom is 0.191 e. The number of rotatable bonds is 9.